The van der Waals surface area contributed by atoms with Gasteiger partial charge in [0.25, 0.3) is 0 Å². The molecule has 0 aliphatic carbocycles. The summed E-state index contributed by atoms with van der Waals surface area (Å²) in [4.78, 5) is 4.64. The van der Waals surface area contributed by atoms with Gasteiger partial charge in [0.2, 0.25) is 0 Å². The molecule has 0 amide bonds. The van der Waals surface area contributed by atoms with Crippen LogP contribution in [0.25, 0.3) is 0 Å². The number of rotatable bonds is 4. The van der Waals surface area contributed by atoms with Gasteiger partial charge in [-0.15, -0.1) is 0 Å². The Kier molecular flexibility index (Phi) is 5.81. The highest BCUT2D eigenvalue weighted by Gasteiger charge is 2.19. The number of nitrogens with zero attached hydrogens (tertiary/aromatic N) is 2. The van der Waals surface area contributed by atoms with Crippen LogP contribution < -0.4 is 0 Å². The fourth-order valence-electron chi connectivity index (χ4n) is 3.04. The minimum Gasteiger partial charge on any atom is -0.508 e. The van der Waals surface area contributed by atoms with Gasteiger partial charge in [-0.25, -0.2) is 0 Å². The summed E-state index contributed by atoms with van der Waals surface area (Å²) in [5.41, 5.74) is 1.85. The quantitative estimate of drug-likeness (QED) is 0.721. The maximum absolute atomic E-state index is 10.0. The fourth-order valence-corrected chi connectivity index (χ4v) is 3.86. The first-order valence-electron chi connectivity index (χ1n) is 7.91. The summed E-state index contributed by atoms with van der Waals surface area (Å²) < 4.78 is 1.95. The van der Waals surface area contributed by atoms with E-state index < -0.39 is 0 Å². The molecule has 0 radical (unpaired) electrons. The molecule has 0 saturated carbocycles. The molecule has 1 aliphatic heterocycles. The Hall–Kier alpha value is -1.08. The van der Waals surface area contributed by atoms with Gasteiger partial charge in [0.1, 0.15) is 11.5 Å². The molecule has 24 heavy (non-hydrogen) atoms. The molecule has 3 rings (SSSR count). The number of hydrogen-bond donors (Lipinski definition) is 2. The second-order valence-corrected chi connectivity index (χ2v) is 7.98. The number of benzene rings is 2. The van der Waals surface area contributed by atoms with Crippen molar-refractivity contribution in [2.75, 3.05) is 19.8 Å². The third-order valence-electron chi connectivity index (χ3n) is 4.22. The Bertz CT molecular complexity index is 665. The number of halogens is 2. The molecule has 2 N–H and O–H groups in total. The normalized spacial score (nSPS) is 16.4. The average Bonchev–Trinajstić information content (AvgIpc) is 2.55. The van der Waals surface area contributed by atoms with Crippen molar-refractivity contribution in [3.63, 3.8) is 0 Å². The summed E-state index contributed by atoms with van der Waals surface area (Å²) in [6.45, 7) is 4.26. The summed E-state index contributed by atoms with van der Waals surface area (Å²) in [6, 6.07) is 11.1. The maximum Gasteiger partial charge on any atom is 0.120 e. The van der Waals surface area contributed by atoms with Crippen molar-refractivity contribution in [1.82, 2.24) is 9.80 Å². The third-order valence-corrected chi connectivity index (χ3v) is 5.21. The van der Waals surface area contributed by atoms with Crippen LogP contribution in [0.4, 0.5) is 0 Å². The second-order valence-electron chi connectivity index (χ2n) is 6.15. The van der Waals surface area contributed by atoms with Crippen LogP contribution in [-0.4, -0.2) is 39.8 Å². The monoisotopic (exact) mass is 454 g/mol. The smallest absolute Gasteiger partial charge is 0.120 e. The van der Waals surface area contributed by atoms with Crippen LogP contribution in [-0.2, 0) is 13.1 Å². The largest absolute Gasteiger partial charge is 0.508 e. The number of phenolic OH excluding ortho intramolecular Hbond substituents is 2. The molecule has 0 atom stereocenters. The molecule has 1 aliphatic rings. The molecule has 0 aromatic heterocycles. The highest BCUT2D eigenvalue weighted by Crippen LogP contribution is 2.26. The molecular formula is C18H20Br2N2O2. The van der Waals surface area contributed by atoms with E-state index in [9.17, 15) is 10.2 Å². The molecule has 128 valence electrons. The van der Waals surface area contributed by atoms with Gasteiger partial charge < -0.3 is 10.2 Å². The van der Waals surface area contributed by atoms with Crippen LogP contribution in [0.3, 0.4) is 0 Å². The Morgan fingerprint density at radius 1 is 0.792 bits per heavy atom. The Morgan fingerprint density at radius 2 is 1.25 bits per heavy atom. The topological polar surface area (TPSA) is 46.9 Å². The summed E-state index contributed by atoms with van der Waals surface area (Å²) in [6.07, 6.45) is 1.07. The van der Waals surface area contributed by atoms with E-state index in [1.54, 1.807) is 12.1 Å². The van der Waals surface area contributed by atoms with Crippen molar-refractivity contribution in [2.24, 2.45) is 0 Å². The van der Waals surface area contributed by atoms with Crippen molar-refractivity contribution in [1.29, 1.82) is 0 Å². The van der Waals surface area contributed by atoms with Crippen LogP contribution in [0.1, 0.15) is 17.5 Å². The van der Waals surface area contributed by atoms with Crippen molar-refractivity contribution in [3.05, 3.63) is 56.5 Å². The summed E-state index contributed by atoms with van der Waals surface area (Å²) in [7, 11) is 0. The molecule has 2 aromatic carbocycles. The predicted molar refractivity (Wildman–Crippen MR) is 102 cm³/mol. The number of hydrogen-bond acceptors (Lipinski definition) is 4. The molecule has 1 saturated heterocycles. The van der Waals surface area contributed by atoms with Gasteiger partial charge in [-0.05, 0) is 42.8 Å². The van der Waals surface area contributed by atoms with Crippen LogP contribution in [0.5, 0.6) is 11.5 Å². The maximum atomic E-state index is 10.0. The zero-order chi connectivity index (χ0) is 17.1. The van der Waals surface area contributed by atoms with Gasteiger partial charge in [0, 0.05) is 46.3 Å². The minimum absolute atomic E-state index is 0.333. The van der Waals surface area contributed by atoms with Gasteiger partial charge in [0.15, 0.2) is 0 Å². The molecule has 0 unspecified atom stereocenters. The average molecular weight is 456 g/mol. The first-order valence-corrected chi connectivity index (χ1v) is 9.49. The standard InChI is InChI=1S/C18H20Br2N2O2/c19-15-2-4-17(23)13(8-15)10-21-6-1-7-22(12-21)11-14-9-16(20)3-5-18(14)24/h2-5,8-9,23-24H,1,6-7,10-12H2. The van der Waals surface area contributed by atoms with Gasteiger partial charge in [-0.1, -0.05) is 31.9 Å². The molecular weight excluding hydrogens is 436 g/mol. The van der Waals surface area contributed by atoms with E-state index in [-0.39, 0.29) is 0 Å². The first-order chi connectivity index (χ1) is 11.5. The minimum atomic E-state index is 0.333. The first kappa shape index (κ1) is 17.7. The lowest BCUT2D eigenvalue weighted by Gasteiger charge is -2.35. The van der Waals surface area contributed by atoms with Crippen molar-refractivity contribution in [2.45, 2.75) is 19.5 Å². The molecule has 1 fully saturated rings. The second kappa shape index (κ2) is 7.87. The Labute approximate surface area is 159 Å². The molecule has 6 heteroatoms. The van der Waals surface area contributed by atoms with E-state index >= 15 is 0 Å². The molecule has 4 nitrogen and oxygen atoms in total. The highest BCUT2D eigenvalue weighted by molar-refractivity contribution is 9.10. The van der Waals surface area contributed by atoms with Gasteiger partial charge in [-0.3, -0.25) is 9.80 Å². The lowest BCUT2D eigenvalue weighted by Crippen LogP contribution is -2.43. The van der Waals surface area contributed by atoms with E-state index in [2.05, 4.69) is 41.7 Å². The van der Waals surface area contributed by atoms with Crippen LogP contribution >= 0.6 is 31.9 Å². The molecule has 2 aromatic rings. The third kappa shape index (κ3) is 4.51. The molecule has 0 spiro atoms. The van der Waals surface area contributed by atoms with Crippen LogP contribution in [0, 0.1) is 0 Å². The van der Waals surface area contributed by atoms with Crippen molar-refractivity contribution < 1.29 is 10.2 Å². The SMILES string of the molecule is Oc1ccc(Br)cc1CN1CCCN(Cc2cc(Br)ccc2O)C1. The van der Waals surface area contributed by atoms with E-state index in [0.717, 1.165) is 46.3 Å². The highest BCUT2D eigenvalue weighted by atomic mass is 79.9. The van der Waals surface area contributed by atoms with E-state index in [1.807, 2.05) is 24.3 Å². The van der Waals surface area contributed by atoms with Gasteiger partial charge in [0.05, 0.1) is 6.67 Å². The zero-order valence-electron chi connectivity index (χ0n) is 13.3. The fraction of sp³-hybridized carbons (Fsp3) is 0.333. The Morgan fingerprint density at radius 3 is 1.71 bits per heavy atom. The number of aromatic hydroxyl groups is 2. The predicted octanol–water partition coefficient (Wildman–Crippen LogP) is 4.29. The van der Waals surface area contributed by atoms with E-state index in [1.165, 1.54) is 0 Å². The molecule has 1 heterocycles. The van der Waals surface area contributed by atoms with E-state index in [0.29, 0.717) is 24.6 Å². The van der Waals surface area contributed by atoms with Gasteiger partial charge >= 0.3 is 0 Å². The summed E-state index contributed by atoms with van der Waals surface area (Å²) in [5.74, 6) is 0.667. The number of phenols is 2. The van der Waals surface area contributed by atoms with Gasteiger partial charge in [-0.2, -0.15) is 0 Å². The van der Waals surface area contributed by atoms with Crippen LogP contribution in [0.2, 0.25) is 0 Å². The Balaban J connectivity index is 1.66. The zero-order valence-corrected chi connectivity index (χ0v) is 16.4. The summed E-state index contributed by atoms with van der Waals surface area (Å²) >= 11 is 6.92. The summed E-state index contributed by atoms with van der Waals surface area (Å²) in [5, 5.41) is 20.1. The van der Waals surface area contributed by atoms with E-state index in [4.69, 9.17) is 0 Å². The van der Waals surface area contributed by atoms with Crippen molar-refractivity contribution >= 4 is 31.9 Å². The van der Waals surface area contributed by atoms with Crippen LogP contribution in [0.15, 0.2) is 45.3 Å². The molecule has 0 bridgehead atoms. The lowest BCUT2D eigenvalue weighted by molar-refractivity contribution is 0.0734. The lowest BCUT2D eigenvalue weighted by atomic mass is 10.1. The van der Waals surface area contributed by atoms with Crippen molar-refractivity contribution in [3.8, 4) is 11.5 Å².